The Morgan fingerprint density at radius 3 is 2.88 bits per heavy atom. The summed E-state index contributed by atoms with van der Waals surface area (Å²) >= 11 is 6.63. The molecule has 0 bridgehead atoms. The lowest BCUT2D eigenvalue weighted by Crippen LogP contribution is -2.02. The number of aryl methyl sites for hydroxylation is 1. The maximum Gasteiger partial charge on any atom is 0.174 e. The minimum Gasteiger partial charge on any atom is -0.330 e. The smallest absolute Gasteiger partial charge is 0.174 e. The van der Waals surface area contributed by atoms with Gasteiger partial charge in [-0.05, 0) is 65.0 Å². The van der Waals surface area contributed by atoms with E-state index in [-0.39, 0.29) is 0 Å². The van der Waals surface area contributed by atoms with Crippen molar-refractivity contribution in [3.63, 3.8) is 0 Å². The van der Waals surface area contributed by atoms with Gasteiger partial charge in [0.05, 0.1) is 0 Å². The Bertz CT molecular complexity index is 513. The van der Waals surface area contributed by atoms with E-state index in [1.54, 1.807) is 11.8 Å². The minimum atomic E-state index is 0.675. The van der Waals surface area contributed by atoms with E-state index in [1.807, 2.05) is 6.92 Å². The molecular weight excluding hydrogens is 318 g/mol. The molecule has 2 N–H and O–H groups in total. The lowest BCUT2D eigenvalue weighted by atomic mass is 10.2. The molecule has 0 saturated carbocycles. The van der Waals surface area contributed by atoms with Gasteiger partial charge in [-0.3, -0.25) is 0 Å². The molecule has 0 fully saturated rings. The summed E-state index contributed by atoms with van der Waals surface area (Å²) in [6, 6.07) is 6.31. The normalized spacial score (nSPS) is 10.8. The Morgan fingerprint density at radius 2 is 2.29 bits per heavy atom. The molecular formula is C11H12BrN3S2. The molecule has 2 aromatic rings. The number of hydrogen-bond acceptors (Lipinski definition) is 5. The van der Waals surface area contributed by atoms with Gasteiger partial charge in [0.1, 0.15) is 5.82 Å². The summed E-state index contributed by atoms with van der Waals surface area (Å²) in [5, 5.41) is 0. The number of nitrogens with zero attached hydrogens (tertiary/aromatic N) is 2. The Hall–Kier alpha value is -0.430. The molecule has 0 unspecified atom stereocenters. The zero-order chi connectivity index (χ0) is 12.3. The zero-order valence-corrected chi connectivity index (χ0v) is 12.5. The summed E-state index contributed by atoms with van der Waals surface area (Å²) < 4.78 is 6.22. The van der Waals surface area contributed by atoms with Crippen LogP contribution in [0.4, 0.5) is 0 Å². The predicted octanol–water partition coefficient (Wildman–Crippen LogP) is 3.26. The van der Waals surface area contributed by atoms with Crippen LogP contribution in [0.5, 0.6) is 0 Å². The van der Waals surface area contributed by atoms with Crippen molar-refractivity contribution < 1.29 is 0 Å². The van der Waals surface area contributed by atoms with E-state index in [1.165, 1.54) is 17.1 Å². The van der Waals surface area contributed by atoms with Crippen LogP contribution in [0.3, 0.4) is 0 Å². The van der Waals surface area contributed by atoms with Crippen LogP contribution >= 0.6 is 39.2 Å². The van der Waals surface area contributed by atoms with Gasteiger partial charge in [0.25, 0.3) is 0 Å². The van der Waals surface area contributed by atoms with Gasteiger partial charge in [0.2, 0.25) is 0 Å². The maximum absolute atomic E-state index is 5.54. The number of hydrogen-bond donors (Lipinski definition) is 1. The second-order valence-corrected chi connectivity index (χ2v) is 6.41. The van der Waals surface area contributed by atoms with Gasteiger partial charge in [-0.15, -0.1) is 0 Å². The molecule has 1 aromatic carbocycles. The number of benzene rings is 1. The fourth-order valence-electron chi connectivity index (χ4n) is 1.36. The summed E-state index contributed by atoms with van der Waals surface area (Å²) in [5.41, 5.74) is 6.79. The highest BCUT2D eigenvalue weighted by Gasteiger charge is 2.07. The van der Waals surface area contributed by atoms with Crippen molar-refractivity contribution in [2.45, 2.75) is 22.6 Å². The lowest BCUT2D eigenvalue weighted by molar-refractivity contribution is 0.964. The molecule has 0 atom stereocenters. The van der Waals surface area contributed by atoms with Crippen molar-refractivity contribution in [2.24, 2.45) is 5.73 Å². The first-order valence-corrected chi connectivity index (χ1v) is 7.54. The van der Waals surface area contributed by atoms with Crippen LogP contribution in [0, 0.1) is 6.92 Å². The third-order valence-corrected chi connectivity index (χ3v) is 4.97. The van der Waals surface area contributed by atoms with Crippen LogP contribution < -0.4 is 5.73 Å². The number of rotatable bonds is 4. The van der Waals surface area contributed by atoms with Crippen LogP contribution in [-0.2, 0) is 6.42 Å². The lowest BCUT2D eigenvalue weighted by Gasteiger charge is -2.04. The van der Waals surface area contributed by atoms with Crippen molar-refractivity contribution in [1.29, 1.82) is 0 Å². The van der Waals surface area contributed by atoms with Gasteiger partial charge >= 0.3 is 0 Å². The van der Waals surface area contributed by atoms with Crippen LogP contribution in [-0.4, -0.2) is 15.9 Å². The Morgan fingerprint density at radius 1 is 1.47 bits per heavy atom. The molecule has 0 saturated heterocycles. The highest BCUT2D eigenvalue weighted by molar-refractivity contribution is 9.10. The number of halogens is 1. The SMILES string of the molecule is Cc1nsc(Sc2ccc(CCN)cc2Br)n1. The van der Waals surface area contributed by atoms with Crippen molar-refractivity contribution >= 4 is 39.2 Å². The fourth-order valence-corrected chi connectivity index (χ4v) is 3.64. The zero-order valence-electron chi connectivity index (χ0n) is 9.31. The molecule has 3 nitrogen and oxygen atoms in total. The van der Waals surface area contributed by atoms with Gasteiger partial charge < -0.3 is 5.73 Å². The largest absolute Gasteiger partial charge is 0.330 e. The molecule has 0 spiro atoms. The topological polar surface area (TPSA) is 51.8 Å². The molecule has 0 radical (unpaired) electrons. The predicted molar refractivity (Wildman–Crippen MR) is 75.7 cm³/mol. The van der Waals surface area contributed by atoms with Crippen molar-refractivity contribution in [2.75, 3.05) is 6.54 Å². The second kappa shape index (κ2) is 5.95. The third-order valence-electron chi connectivity index (χ3n) is 2.14. The minimum absolute atomic E-state index is 0.675. The van der Waals surface area contributed by atoms with Crippen molar-refractivity contribution in [3.8, 4) is 0 Å². The van der Waals surface area contributed by atoms with E-state index in [9.17, 15) is 0 Å². The Kier molecular flexibility index (Phi) is 4.55. The summed E-state index contributed by atoms with van der Waals surface area (Å²) in [6.07, 6.45) is 0.904. The quantitative estimate of drug-likeness (QED) is 0.935. The van der Waals surface area contributed by atoms with Gasteiger partial charge in [-0.25, -0.2) is 4.98 Å². The fraction of sp³-hybridized carbons (Fsp3) is 0.273. The van der Waals surface area contributed by atoms with E-state index in [4.69, 9.17) is 5.73 Å². The molecule has 0 aliphatic rings. The highest BCUT2D eigenvalue weighted by atomic mass is 79.9. The maximum atomic E-state index is 5.54. The van der Waals surface area contributed by atoms with E-state index < -0.39 is 0 Å². The number of nitrogens with two attached hydrogens (primary N) is 1. The molecule has 6 heteroatoms. The van der Waals surface area contributed by atoms with Gasteiger partial charge in [0, 0.05) is 9.37 Å². The van der Waals surface area contributed by atoms with E-state index >= 15 is 0 Å². The molecule has 90 valence electrons. The first kappa shape index (κ1) is 13.0. The van der Waals surface area contributed by atoms with Crippen molar-refractivity contribution in [1.82, 2.24) is 9.36 Å². The third kappa shape index (κ3) is 3.51. The van der Waals surface area contributed by atoms with Gasteiger partial charge in [-0.2, -0.15) is 4.37 Å². The summed E-state index contributed by atoms with van der Waals surface area (Å²) in [4.78, 5) is 5.49. The van der Waals surface area contributed by atoms with Crippen LogP contribution in [0.15, 0.2) is 31.9 Å². The van der Waals surface area contributed by atoms with Crippen LogP contribution in [0.1, 0.15) is 11.4 Å². The first-order chi connectivity index (χ1) is 8.19. The summed E-state index contributed by atoms with van der Waals surface area (Å²) in [5.74, 6) is 0.827. The first-order valence-electron chi connectivity index (χ1n) is 5.15. The van der Waals surface area contributed by atoms with E-state index in [0.717, 1.165) is 26.0 Å². The highest BCUT2D eigenvalue weighted by Crippen LogP contribution is 2.34. The van der Waals surface area contributed by atoms with E-state index in [2.05, 4.69) is 43.5 Å². The summed E-state index contributed by atoms with van der Waals surface area (Å²) in [7, 11) is 0. The summed E-state index contributed by atoms with van der Waals surface area (Å²) in [6.45, 7) is 2.58. The molecule has 1 heterocycles. The Labute approximate surface area is 117 Å². The van der Waals surface area contributed by atoms with Gasteiger partial charge in [0.15, 0.2) is 4.34 Å². The standard InChI is InChI=1S/C11H12BrN3S2/c1-7-14-11(17-15-7)16-10-3-2-8(4-5-13)6-9(10)12/h2-3,6H,4-5,13H2,1H3. The number of aromatic nitrogens is 2. The Balaban J connectivity index is 2.16. The molecule has 17 heavy (non-hydrogen) atoms. The van der Waals surface area contributed by atoms with Crippen LogP contribution in [0.25, 0.3) is 0 Å². The van der Waals surface area contributed by atoms with E-state index in [0.29, 0.717) is 6.54 Å². The molecule has 2 rings (SSSR count). The molecule has 0 amide bonds. The monoisotopic (exact) mass is 329 g/mol. The molecule has 0 aliphatic heterocycles. The average molecular weight is 330 g/mol. The van der Waals surface area contributed by atoms with Gasteiger partial charge in [-0.1, -0.05) is 17.8 Å². The molecule has 1 aromatic heterocycles. The average Bonchev–Trinajstić information content (AvgIpc) is 2.69. The molecule has 0 aliphatic carbocycles. The second-order valence-electron chi connectivity index (χ2n) is 3.51. The van der Waals surface area contributed by atoms with Crippen molar-refractivity contribution in [3.05, 3.63) is 34.1 Å². The van der Waals surface area contributed by atoms with Crippen LogP contribution in [0.2, 0.25) is 0 Å².